The van der Waals surface area contributed by atoms with Gasteiger partial charge in [-0.15, -0.1) is 0 Å². The number of benzene rings is 1. The molecule has 1 unspecified atom stereocenters. The molecular weight excluding hydrogens is 304 g/mol. The lowest BCUT2D eigenvalue weighted by Gasteiger charge is -2.18. The van der Waals surface area contributed by atoms with Crippen molar-refractivity contribution in [2.24, 2.45) is 17.6 Å². The van der Waals surface area contributed by atoms with Gasteiger partial charge in [0.05, 0.1) is 11.6 Å². The van der Waals surface area contributed by atoms with E-state index in [0.717, 1.165) is 4.47 Å². The Hall–Kier alpha value is -0.580. The number of carbonyl (C=O) groups excluding carboxylic acids is 1. The Morgan fingerprint density at radius 1 is 1.53 bits per heavy atom. The van der Waals surface area contributed by atoms with Gasteiger partial charge in [0.2, 0.25) is 5.91 Å². The van der Waals surface area contributed by atoms with E-state index in [-0.39, 0.29) is 17.7 Å². The highest BCUT2D eigenvalue weighted by Crippen LogP contribution is 2.26. The summed E-state index contributed by atoms with van der Waals surface area (Å²) in [6.07, 6.45) is 0. The fourth-order valence-electron chi connectivity index (χ4n) is 1.50. The first kappa shape index (κ1) is 14.5. The summed E-state index contributed by atoms with van der Waals surface area (Å²) in [5.41, 5.74) is 6.27. The topological polar surface area (TPSA) is 55.1 Å². The van der Waals surface area contributed by atoms with Crippen molar-refractivity contribution in [3.05, 3.63) is 27.7 Å². The summed E-state index contributed by atoms with van der Waals surface area (Å²) >= 11 is 9.24. The Morgan fingerprint density at radius 3 is 2.71 bits per heavy atom. The molecule has 0 heterocycles. The number of nitrogens with one attached hydrogen (secondary N) is 1. The lowest BCUT2D eigenvalue weighted by atomic mass is 9.95. The molecule has 94 valence electrons. The largest absolute Gasteiger partial charge is 0.330 e. The summed E-state index contributed by atoms with van der Waals surface area (Å²) in [5, 5.41) is 3.41. The molecule has 0 aromatic heterocycles. The molecule has 1 aromatic carbocycles. The summed E-state index contributed by atoms with van der Waals surface area (Å²) in [7, 11) is 0. The van der Waals surface area contributed by atoms with E-state index >= 15 is 0 Å². The van der Waals surface area contributed by atoms with E-state index in [4.69, 9.17) is 17.3 Å². The molecule has 0 bridgehead atoms. The Bertz CT molecular complexity index is 409. The molecule has 0 fully saturated rings. The fraction of sp³-hybridized carbons (Fsp3) is 0.417. The van der Waals surface area contributed by atoms with Crippen LogP contribution in [0, 0.1) is 11.8 Å². The molecule has 0 aliphatic carbocycles. The lowest BCUT2D eigenvalue weighted by molar-refractivity contribution is -0.120. The minimum atomic E-state index is -0.194. The van der Waals surface area contributed by atoms with Gasteiger partial charge in [-0.3, -0.25) is 4.79 Å². The van der Waals surface area contributed by atoms with Crippen molar-refractivity contribution in [1.82, 2.24) is 0 Å². The number of hydrogen-bond acceptors (Lipinski definition) is 2. The monoisotopic (exact) mass is 318 g/mol. The summed E-state index contributed by atoms with van der Waals surface area (Å²) in [5.74, 6) is -0.0655. The molecule has 0 aliphatic heterocycles. The van der Waals surface area contributed by atoms with Gasteiger partial charge in [0, 0.05) is 16.0 Å². The smallest absolute Gasteiger partial charge is 0.229 e. The number of rotatable bonds is 4. The van der Waals surface area contributed by atoms with Gasteiger partial charge in [0.25, 0.3) is 0 Å². The molecule has 1 rings (SSSR count). The molecule has 3 nitrogen and oxygen atoms in total. The van der Waals surface area contributed by atoms with Crippen LogP contribution in [0.1, 0.15) is 13.8 Å². The van der Waals surface area contributed by atoms with Crippen LogP contribution in [0.5, 0.6) is 0 Å². The lowest BCUT2D eigenvalue weighted by Crippen LogP contribution is -2.33. The second-order valence-corrected chi connectivity index (χ2v) is 5.49. The van der Waals surface area contributed by atoms with Crippen molar-refractivity contribution in [2.45, 2.75) is 13.8 Å². The minimum Gasteiger partial charge on any atom is -0.330 e. The third-order valence-corrected chi connectivity index (χ3v) is 3.51. The van der Waals surface area contributed by atoms with E-state index < -0.39 is 0 Å². The van der Waals surface area contributed by atoms with Gasteiger partial charge in [-0.1, -0.05) is 25.4 Å². The first-order valence-corrected chi connectivity index (χ1v) is 6.58. The van der Waals surface area contributed by atoms with Crippen LogP contribution >= 0.6 is 27.5 Å². The maximum Gasteiger partial charge on any atom is 0.229 e. The van der Waals surface area contributed by atoms with Crippen LogP contribution < -0.4 is 11.1 Å². The number of halogens is 2. The highest BCUT2D eigenvalue weighted by Gasteiger charge is 2.21. The van der Waals surface area contributed by atoms with E-state index in [1.54, 1.807) is 18.2 Å². The van der Waals surface area contributed by atoms with Crippen molar-refractivity contribution in [1.29, 1.82) is 0 Å². The highest BCUT2D eigenvalue weighted by atomic mass is 79.9. The zero-order valence-corrected chi connectivity index (χ0v) is 12.2. The Labute approximate surface area is 115 Å². The maximum atomic E-state index is 12.0. The molecule has 17 heavy (non-hydrogen) atoms. The average molecular weight is 320 g/mol. The molecule has 0 spiro atoms. The zero-order valence-electron chi connectivity index (χ0n) is 9.84. The molecular formula is C12H16BrClN2O. The summed E-state index contributed by atoms with van der Waals surface area (Å²) in [6, 6.07) is 5.26. The molecule has 0 saturated carbocycles. The van der Waals surface area contributed by atoms with Crippen molar-refractivity contribution in [3.8, 4) is 0 Å². The van der Waals surface area contributed by atoms with Crippen LogP contribution in [0.3, 0.4) is 0 Å². The fourth-order valence-corrected chi connectivity index (χ4v) is 2.02. The Balaban J connectivity index is 2.83. The van der Waals surface area contributed by atoms with Gasteiger partial charge >= 0.3 is 0 Å². The van der Waals surface area contributed by atoms with E-state index in [9.17, 15) is 4.79 Å². The van der Waals surface area contributed by atoms with Crippen molar-refractivity contribution < 1.29 is 4.79 Å². The van der Waals surface area contributed by atoms with Gasteiger partial charge in [-0.05, 0) is 40.0 Å². The van der Waals surface area contributed by atoms with Crippen LogP contribution in [-0.2, 0) is 4.79 Å². The molecule has 1 aromatic rings. The summed E-state index contributed by atoms with van der Waals surface area (Å²) in [4.78, 5) is 12.0. The number of nitrogens with two attached hydrogens (primary N) is 1. The number of hydrogen-bond donors (Lipinski definition) is 2. The zero-order chi connectivity index (χ0) is 13.0. The SMILES string of the molecule is CC(C)C(CN)C(=O)Nc1cc(Cl)ccc1Br. The third kappa shape index (κ3) is 3.98. The molecule has 3 N–H and O–H groups in total. The predicted molar refractivity (Wildman–Crippen MR) is 75.2 cm³/mol. The standard InChI is InChI=1S/C12H16BrClN2O/c1-7(2)9(6-15)12(17)16-11-5-8(14)3-4-10(11)13/h3-5,7,9H,6,15H2,1-2H3,(H,16,17). The van der Waals surface area contributed by atoms with E-state index in [1.807, 2.05) is 13.8 Å². The molecule has 1 atom stereocenters. The molecule has 1 amide bonds. The van der Waals surface area contributed by atoms with E-state index in [0.29, 0.717) is 17.3 Å². The summed E-state index contributed by atoms with van der Waals surface area (Å²) in [6.45, 7) is 4.29. The summed E-state index contributed by atoms with van der Waals surface area (Å²) < 4.78 is 0.801. The first-order valence-electron chi connectivity index (χ1n) is 5.41. The van der Waals surface area contributed by atoms with Crippen LogP contribution in [-0.4, -0.2) is 12.5 Å². The molecule has 5 heteroatoms. The minimum absolute atomic E-state index is 0.0783. The Kier molecular flexibility index (Phi) is 5.43. The van der Waals surface area contributed by atoms with Crippen LogP contribution in [0.4, 0.5) is 5.69 Å². The molecule has 0 radical (unpaired) electrons. The van der Waals surface area contributed by atoms with E-state index in [1.165, 1.54) is 0 Å². The van der Waals surface area contributed by atoms with Gasteiger partial charge in [-0.25, -0.2) is 0 Å². The van der Waals surface area contributed by atoms with Crippen LogP contribution in [0.15, 0.2) is 22.7 Å². The van der Waals surface area contributed by atoms with Crippen LogP contribution in [0.2, 0.25) is 5.02 Å². The van der Waals surface area contributed by atoms with Crippen molar-refractivity contribution >= 4 is 39.1 Å². The normalized spacial score (nSPS) is 12.6. The second-order valence-electron chi connectivity index (χ2n) is 4.20. The van der Waals surface area contributed by atoms with Gasteiger partial charge in [-0.2, -0.15) is 0 Å². The highest BCUT2D eigenvalue weighted by molar-refractivity contribution is 9.10. The second kappa shape index (κ2) is 6.38. The van der Waals surface area contributed by atoms with E-state index in [2.05, 4.69) is 21.2 Å². The quantitative estimate of drug-likeness (QED) is 0.895. The first-order chi connectivity index (χ1) is 7.95. The third-order valence-electron chi connectivity index (χ3n) is 2.58. The van der Waals surface area contributed by atoms with Crippen LogP contribution in [0.25, 0.3) is 0 Å². The van der Waals surface area contributed by atoms with Gasteiger partial charge < -0.3 is 11.1 Å². The maximum absolute atomic E-state index is 12.0. The molecule has 0 aliphatic rings. The number of anilines is 1. The van der Waals surface area contributed by atoms with Gasteiger partial charge in [0.1, 0.15) is 0 Å². The molecule has 0 saturated heterocycles. The van der Waals surface area contributed by atoms with Gasteiger partial charge in [0.15, 0.2) is 0 Å². The average Bonchev–Trinajstić information content (AvgIpc) is 2.24. The number of amides is 1. The van der Waals surface area contributed by atoms with Crippen molar-refractivity contribution in [3.63, 3.8) is 0 Å². The Morgan fingerprint density at radius 2 is 2.18 bits per heavy atom. The number of carbonyl (C=O) groups is 1. The predicted octanol–water partition coefficient (Wildman–Crippen LogP) is 3.27. The van der Waals surface area contributed by atoms with Crippen molar-refractivity contribution in [2.75, 3.05) is 11.9 Å².